The van der Waals surface area contributed by atoms with Crippen molar-refractivity contribution >= 4 is 0 Å². The fraction of sp³-hybridized carbons (Fsp3) is 1.00. The van der Waals surface area contributed by atoms with Crippen LogP contribution in [-0.4, -0.2) is 131 Å². The van der Waals surface area contributed by atoms with Gasteiger partial charge in [-0.15, -0.1) is 0 Å². The molecule has 0 radical (unpaired) electrons. The molecule has 3 aliphatic rings. The Labute approximate surface area is 198 Å². The Hall–Kier alpha value is -0.560. The topological polar surface area (TPSA) is 254 Å². The van der Waals surface area contributed by atoms with E-state index in [9.17, 15) is 25.5 Å². The third-order valence-corrected chi connectivity index (χ3v) is 7.24. The molecule has 7 unspecified atom stereocenters. The first-order valence-electron chi connectivity index (χ1n) is 11.6. The van der Waals surface area contributed by atoms with Gasteiger partial charge in [0.1, 0.15) is 36.1 Å². The van der Waals surface area contributed by atoms with E-state index in [0.717, 1.165) is 0 Å². The molecule has 200 valence electrons. The van der Waals surface area contributed by atoms with E-state index >= 15 is 0 Å². The Morgan fingerprint density at radius 1 is 0.941 bits per heavy atom. The van der Waals surface area contributed by atoms with Crippen LogP contribution in [0.3, 0.4) is 0 Å². The molecule has 1 aliphatic carbocycles. The van der Waals surface area contributed by atoms with Gasteiger partial charge in [-0.25, -0.2) is 0 Å². The van der Waals surface area contributed by atoms with Gasteiger partial charge in [0.05, 0.1) is 43.0 Å². The summed E-state index contributed by atoms with van der Waals surface area (Å²) in [6.45, 7) is 1.12. The maximum absolute atomic E-state index is 11.1. The molecule has 3 rings (SSSR count). The van der Waals surface area contributed by atoms with E-state index in [1.54, 1.807) is 0 Å². The number of nitrogens with two attached hydrogens (primary N) is 4. The van der Waals surface area contributed by atoms with Crippen LogP contribution in [0.2, 0.25) is 0 Å². The molecule has 0 aromatic carbocycles. The smallest absolute Gasteiger partial charge is 0.186 e. The number of hydrogen-bond donors (Lipinski definition) is 10. The highest BCUT2D eigenvalue weighted by molar-refractivity contribution is 5.07. The number of likely N-dealkylation sites (N-methyl/N-ethyl adjacent to an activating group) is 1. The molecule has 0 aromatic rings. The van der Waals surface area contributed by atoms with Crippen molar-refractivity contribution in [3.8, 4) is 0 Å². The van der Waals surface area contributed by atoms with E-state index in [1.165, 1.54) is 14.0 Å². The van der Waals surface area contributed by atoms with Crippen LogP contribution in [0.15, 0.2) is 0 Å². The number of nitrogens with one attached hydrogen (secondary N) is 1. The molecule has 2 aliphatic heterocycles. The van der Waals surface area contributed by atoms with Crippen molar-refractivity contribution < 1.29 is 44.5 Å². The number of aliphatic hydroxyl groups excluding tert-OH is 4. The molecule has 3 fully saturated rings. The molecule has 14 N–H and O–H groups in total. The minimum atomic E-state index is -1.63. The van der Waals surface area contributed by atoms with Crippen LogP contribution >= 0.6 is 0 Å². The number of ether oxygens (including phenoxy) is 4. The van der Waals surface area contributed by atoms with E-state index in [4.69, 9.17) is 41.9 Å². The quantitative estimate of drug-likeness (QED) is 0.158. The summed E-state index contributed by atoms with van der Waals surface area (Å²) in [5.41, 5.74) is 22.4. The van der Waals surface area contributed by atoms with E-state index in [2.05, 4.69) is 5.32 Å². The summed E-state index contributed by atoms with van der Waals surface area (Å²) in [5.74, 6) is 0. The van der Waals surface area contributed by atoms with E-state index in [1.807, 2.05) is 0 Å². The van der Waals surface area contributed by atoms with Gasteiger partial charge in [0, 0.05) is 6.54 Å². The highest BCUT2D eigenvalue weighted by atomic mass is 16.7. The second kappa shape index (κ2) is 11.2. The summed E-state index contributed by atoms with van der Waals surface area (Å²) < 4.78 is 23.1. The first-order chi connectivity index (χ1) is 16.0. The fourth-order valence-corrected chi connectivity index (χ4v) is 5.01. The highest BCUT2D eigenvalue weighted by Gasteiger charge is 2.55. The minimum absolute atomic E-state index is 0.268. The highest BCUT2D eigenvalue weighted by Crippen LogP contribution is 2.34. The lowest BCUT2D eigenvalue weighted by Crippen LogP contribution is -2.74. The molecular weight excluding hydrogens is 454 g/mol. The van der Waals surface area contributed by atoms with Crippen molar-refractivity contribution in [3.05, 3.63) is 0 Å². The van der Waals surface area contributed by atoms with Gasteiger partial charge in [0.2, 0.25) is 0 Å². The van der Waals surface area contributed by atoms with E-state index in [-0.39, 0.29) is 12.6 Å². The second-order valence-electron chi connectivity index (χ2n) is 9.60. The molecule has 1 saturated carbocycles. The SMILES string of the molecule is CN[C@@H]1C(O)[C@@H](O[C@@H]2C(O)C(O[C@H]3OC(CN)CCC3N)[C@@H](N)C(O)[C@H]2N)OC(CO)[C@]1(C)O. The van der Waals surface area contributed by atoms with Crippen LogP contribution in [0.25, 0.3) is 0 Å². The van der Waals surface area contributed by atoms with Gasteiger partial charge in [0.25, 0.3) is 0 Å². The zero-order valence-corrected chi connectivity index (χ0v) is 19.5. The Balaban J connectivity index is 1.78. The van der Waals surface area contributed by atoms with Crippen LogP contribution in [-0.2, 0) is 18.9 Å². The fourth-order valence-electron chi connectivity index (χ4n) is 5.01. The van der Waals surface area contributed by atoms with Crippen molar-refractivity contribution in [2.75, 3.05) is 20.2 Å². The molecule has 14 nitrogen and oxygen atoms in total. The summed E-state index contributed by atoms with van der Waals surface area (Å²) in [6.07, 6.45) is -9.14. The number of hydrogen-bond acceptors (Lipinski definition) is 14. The average molecular weight is 496 g/mol. The lowest BCUT2D eigenvalue weighted by atomic mass is 9.81. The monoisotopic (exact) mass is 495 g/mol. The summed E-state index contributed by atoms with van der Waals surface area (Å²) in [7, 11) is 1.52. The van der Waals surface area contributed by atoms with Crippen molar-refractivity contribution in [3.63, 3.8) is 0 Å². The lowest BCUT2D eigenvalue weighted by molar-refractivity contribution is -0.333. The van der Waals surface area contributed by atoms with Gasteiger partial charge in [-0.05, 0) is 26.8 Å². The molecule has 2 heterocycles. The molecule has 14 heteroatoms. The van der Waals surface area contributed by atoms with Crippen LogP contribution in [0.1, 0.15) is 19.8 Å². The summed E-state index contributed by atoms with van der Waals surface area (Å²) in [6, 6.07) is -3.70. The van der Waals surface area contributed by atoms with Gasteiger partial charge < -0.3 is 72.7 Å². The van der Waals surface area contributed by atoms with Gasteiger partial charge in [-0.1, -0.05) is 0 Å². The normalized spacial score (nSPS) is 52.5. The van der Waals surface area contributed by atoms with Crippen molar-refractivity contribution in [2.45, 2.75) is 105 Å². The zero-order chi connectivity index (χ0) is 25.4. The maximum Gasteiger partial charge on any atom is 0.186 e. The summed E-state index contributed by atoms with van der Waals surface area (Å²) >= 11 is 0. The molecule has 0 aromatic heterocycles. The van der Waals surface area contributed by atoms with Gasteiger partial charge in [-0.3, -0.25) is 0 Å². The summed E-state index contributed by atoms with van der Waals surface area (Å²) in [5, 5.41) is 55.7. The van der Waals surface area contributed by atoms with Crippen LogP contribution in [0.4, 0.5) is 0 Å². The summed E-state index contributed by atoms with van der Waals surface area (Å²) in [4.78, 5) is 0. The Morgan fingerprint density at radius 2 is 1.53 bits per heavy atom. The predicted molar refractivity (Wildman–Crippen MR) is 118 cm³/mol. The average Bonchev–Trinajstić information content (AvgIpc) is 2.80. The number of rotatable bonds is 7. The van der Waals surface area contributed by atoms with Gasteiger partial charge >= 0.3 is 0 Å². The second-order valence-corrected chi connectivity index (χ2v) is 9.60. The standard InChI is InChI=1S/C20H41N5O9/c1-20(30)9(6-26)32-19(14(29)17(20)25-2)34-16-11(24)12(27)10(23)15(13(16)28)33-18-8(22)4-3-7(5-21)31-18/h7-19,25-30H,3-6,21-24H2,1-2H3/t7?,8?,9?,10-,11+,12?,13?,14?,15?,16-,17+,18+,19+,20-/m0/s1. The van der Waals surface area contributed by atoms with Crippen molar-refractivity contribution in [1.29, 1.82) is 0 Å². The third-order valence-electron chi connectivity index (χ3n) is 7.24. The minimum Gasteiger partial charge on any atom is -0.394 e. The molecule has 14 atom stereocenters. The molecule has 34 heavy (non-hydrogen) atoms. The molecule has 2 saturated heterocycles. The Kier molecular flexibility index (Phi) is 9.25. The van der Waals surface area contributed by atoms with E-state index in [0.29, 0.717) is 12.8 Å². The van der Waals surface area contributed by atoms with Crippen LogP contribution in [0.5, 0.6) is 0 Å². The Bertz CT molecular complexity index is 664. The maximum atomic E-state index is 11.1. The largest absolute Gasteiger partial charge is 0.394 e. The molecule has 0 amide bonds. The molecule has 0 bridgehead atoms. The third kappa shape index (κ3) is 5.26. The zero-order valence-electron chi connectivity index (χ0n) is 19.5. The lowest BCUT2D eigenvalue weighted by Gasteiger charge is -2.51. The van der Waals surface area contributed by atoms with Gasteiger partial charge in [-0.2, -0.15) is 0 Å². The number of aliphatic hydroxyl groups is 5. The van der Waals surface area contributed by atoms with E-state index < -0.39 is 85.6 Å². The van der Waals surface area contributed by atoms with Crippen LogP contribution < -0.4 is 28.3 Å². The van der Waals surface area contributed by atoms with Crippen molar-refractivity contribution in [2.24, 2.45) is 22.9 Å². The van der Waals surface area contributed by atoms with Gasteiger partial charge in [0.15, 0.2) is 12.6 Å². The van der Waals surface area contributed by atoms with Crippen LogP contribution in [0, 0.1) is 0 Å². The predicted octanol–water partition coefficient (Wildman–Crippen LogP) is -5.65. The first kappa shape index (κ1) is 28.0. The molecule has 0 spiro atoms. The molecular formula is C20H41N5O9. The Morgan fingerprint density at radius 3 is 2.06 bits per heavy atom. The first-order valence-corrected chi connectivity index (χ1v) is 11.6. The van der Waals surface area contributed by atoms with Crippen molar-refractivity contribution in [1.82, 2.24) is 5.32 Å².